The molecule has 1 aliphatic rings. The van der Waals surface area contributed by atoms with Crippen LogP contribution in [0.3, 0.4) is 0 Å². The second-order valence-corrected chi connectivity index (χ2v) is 7.01. The van der Waals surface area contributed by atoms with Crippen molar-refractivity contribution in [1.29, 1.82) is 0 Å². The van der Waals surface area contributed by atoms with Crippen LogP contribution in [0.25, 0.3) is 0 Å². The number of nitrogens with one attached hydrogen (secondary N) is 2. The fourth-order valence-corrected chi connectivity index (χ4v) is 3.26. The van der Waals surface area contributed by atoms with E-state index < -0.39 is 18.0 Å². The van der Waals surface area contributed by atoms with Crippen LogP contribution >= 0.6 is 0 Å². The van der Waals surface area contributed by atoms with Gasteiger partial charge in [0.25, 0.3) is 0 Å². The second kappa shape index (κ2) is 9.75. The number of hydrogen-bond donors (Lipinski definition) is 3. The predicted octanol–water partition coefficient (Wildman–Crippen LogP) is 2.55. The van der Waals surface area contributed by atoms with Crippen LogP contribution in [0.2, 0.25) is 0 Å². The maximum atomic E-state index is 13.1. The van der Waals surface area contributed by atoms with Crippen molar-refractivity contribution in [2.24, 2.45) is 10.8 Å². The van der Waals surface area contributed by atoms with Gasteiger partial charge in [0, 0.05) is 12.1 Å². The molecule has 31 heavy (non-hydrogen) atoms. The van der Waals surface area contributed by atoms with Crippen molar-refractivity contribution in [3.63, 3.8) is 0 Å². The Hall–Kier alpha value is -3.88. The molecular formula is C22H25N5O4. The van der Waals surface area contributed by atoms with E-state index in [1.165, 1.54) is 0 Å². The molecule has 0 fully saturated rings. The number of para-hydroxylation sites is 1. The molecular weight excluding hydrogens is 398 g/mol. The number of anilines is 2. The topological polar surface area (TPSA) is 126 Å². The molecule has 9 nitrogen and oxygen atoms in total. The number of nitrogens with two attached hydrogens (primary N) is 1. The Morgan fingerprint density at radius 3 is 2.45 bits per heavy atom. The van der Waals surface area contributed by atoms with Crippen LogP contribution in [-0.2, 0) is 14.3 Å². The molecule has 0 aliphatic carbocycles. The van der Waals surface area contributed by atoms with Crippen LogP contribution in [-0.4, -0.2) is 36.3 Å². The smallest absolute Gasteiger partial charge is 0.354 e. The molecule has 1 heterocycles. The van der Waals surface area contributed by atoms with Gasteiger partial charge in [-0.15, -0.1) is 0 Å². The first-order valence-electron chi connectivity index (χ1n) is 9.94. The Kier molecular flexibility index (Phi) is 6.86. The number of carbonyl (C=O) groups excluding carboxylic acids is 3. The number of esters is 1. The Morgan fingerprint density at radius 1 is 1.16 bits per heavy atom. The molecule has 3 amide bonds. The third-order valence-corrected chi connectivity index (χ3v) is 4.78. The first-order valence-corrected chi connectivity index (χ1v) is 9.94. The lowest BCUT2D eigenvalue weighted by Gasteiger charge is -2.24. The highest BCUT2D eigenvalue weighted by atomic mass is 16.5. The van der Waals surface area contributed by atoms with Gasteiger partial charge in [-0.05, 0) is 43.7 Å². The van der Waals surface area contributed by atoms with Gasteiger partial charge < -0.3 is 21.1 Å². The first-order chi connectivity index (χ1) is 14.9. The van der Waals surface area contributed by atoms with Gasteiger partial charge >= 0.3 is 12.0 Å². The van der Waals surface area contributed by atoms with Crippen LogP contribution in [0, 0.1) is 0 Å². The minimum Gasteiger partial charge on any atom is -0.461 e. The van der Waals surface area contributed by atoms with Crippen LogP contribution in [0.5, 0.6) is 0 Å². The minimum atomic E-state index is -0.681. The van der Waals surface area contributed by atoms with E-state index in [0.29, 0.717) is 11.4 Å². The van der Waals surface area contributed by atoms with Gasteiger partial charge in [-0.1, -0.05) is 30.3 Å². The first kappa shape index (κ1) is 21.8. The molecule has 2 unspecified atom stereocenters. The van der Waals surface area contributed by atoms with Crippen molar-refractivity contribution >= 4 is 35.0 Å². The van der Waals surface area contributed by atoms with Crippen molar-refractivity contribution in [2.45, 2.75) is 32.4 Å². The Morgan fingerprint density at radius 2 is 1.84 bits per heavy atom. The number of primary amides is 1. The average molecular weight is 423 g/mol. The molecule has 2 atom stereocenters. The largest absolute Gasteiger partial charge is 0.461 e. The summed E-state index contributed by atoms with van der Waals surface area (Å²) < 4.78 is 5.06. The van der Waals surface area contributed by atoms with Gasteiger partial charge in [-0.25, -0.2) is 9.59 Å². The molecule has 4 N–H and O–H groups in total. The maximum Gasteiger partial charge on any atom is 0.354 e. The molecule has 0 saturated carbocycles. The summed E-state index contributed by atoms with van der Waals surface area (Å²) in [4.78, 5) is 36.2. The van der Waals surface area contributed by atoms with Crippen LogP contribution in [0.4, 0.5) is 16.2 Å². The molecule has 0 aromatic heterocycles. The molecule has 1 aliphatic heterocycles. The molecule has 2 aromatic carbocycles. The van der Waals surface area contributed by atoms with Gasteiger partial charge in [0.2, 0.25) is 5.91 Å². The molecule has 2 aromatic rings. The molecule has 162 valence electrons. The Balaban J connectivity index is 1.74. The number of hydrazone groups is 1. The minimum absolute atomic E-state index is 0.147. The van der Waals surface area contributed by atoms with E-state index in [2.05, 4.69) is 15.7 Å². The summed E-state index contributed by atoms with van der Waals surface area (Å²) >= 11 is 0. The number of benzene rings is 2. The fourth-order valence-electron chi connectivity index (χ4n) is 3.26. The standard InChI is InChI=1S/C22H25N5O4/c1-3-31-21(29)18-13-19(27(26-18)17-7-5-4-6-8-17)20(28)24-14(2)15-9-11-16(12-10-15)25-22(23)30/h4-12,14,19H,3,13H2,1-2H3,(H,24,28)(H3,23,25,30). The lowest BCUT2D eigenvalue weighted by atomic mass is 10.1. The molecule has 3 rings (SSSR count). The number of rotatable bonds is 7. The van der Waals surface area contributed by atoms with E-state index >= 15 is 0 Å². The van der Waals surface area contributed by atoms with E-state index in [9.17, 15) is 14.4 Å². The molecule has 0 spiro atoms. The van der Waals surface area contributed by atoms with Gasteiger partial charge in [-0.3, -0.25) is 9.80 Å². The zero-order chi connectivity index (χ0) is 22.4. The van der Waals surface area contributed by atoms with E-state index in [1.54, 1.807) is 36.2 Å². The van der Waals surface area contributed by atoms with Crippen molar-refractivity contribution in [3.8, 4) is 0 Å². The van der Waals surface area contributed by atoms with Crippen LogP contribution in [0.1, 0.15) is 31.9 Å². The van der Waals surface area contributed by atoms with E-state index in [0.717, 1.165) is 5.56 Å². The third-order valence-electron chi connectivity index (χ3n) is 4.78. The summed E-state index contributed by atoms with van der Waals surface area (Å²) in [6.07, 6.45) is 0.147. The lowest BCUT2D eigenvalue weighted by molar-refractivity contribution is -0.135. The highest BCUT2D eigenvalue weighted by molar-refractivity contribution is 6.38. The van der Waals surface area contributed by atoms with Crippen molar-refractivity contribution in [1.82, 2.24) is 5.32 Å². The molecule has 0 bridgehead atoms. The zero-order valence-electron chi connectivity index (χ0n) is 17.4. The Bertz CT molecular complexity index is 975. The number of nitrogens with zero attached hydrogens (tertiary/aromatic N) is 2. The molecule has 0 radical (unpaired) electrons. The van der Waals surface area contributed by atoms with E-state index in [1.807, 2.05) is 37.3 Å². The highest BCUT2D eigenvalue weighted by Crippen LogP contribution is 2.26. The summed E-state index contributed by atoms with van der Waals surface area (Å²) in [5.41, 5.74) is 7.44. The predicted molar refractivity (Wildman–Crippen MR) is 118 cm³/mol. The summed E-state index contributed by atoms with van der Waals surface area (Å²) in [6, 6.07) is 14.6. The van der Waals surface area contributed by atoms with Gasteiger partial charge in [0.05, 0.1) is 18.3 Å². The number of ether oxygens (including phenoxy) is 1. The summed E-state index contributed by atoms with van der Waals surface area (Å²) in [7, 11) is 0. The normalized spacial score (nSPS) is 16.3. The number of urea groups is 1. The second-order valence-electron chi connectivity index (χ2n) is 7.01. The van der Waals surface area contributed by atoms with Crippen LogP contribution in [0.15, 0.2) is 59.7 Å². The average Bonchev–Trinajstić information content (AvgIpc) is 3.20. The number of amides is 3. The van der Waals surface area contributed by atoms with Crippen molar-refractivity contribution in [2.75, 3.05) is 16.9 Å². The highest BCUT2D eigenvalue weighted by Gasteiger charge is 2.37. The lowest BCUT2D eigenvalue weighted by Crippen LogP contribution is -2.43. The molecule has 0 saturated heterocycles. The van der Waals surface area contributed by atoms with E-state index in [-0.39, 0.29) is 30.7 Å². The maximum absolute atomic E-state index is 13.1. The number of carbonyl (C=O) groups is 3. The summed E-state index contributed by atoms with van der Waals surface area (Å²) in [5, 5.41) is 11.4. The summed E-state index contributed by atoms with van der Waals surface area (Å²) in [5.74, 6) is -0.789. The van der Waals surface area contributed by atoms with Crippen molar-refractivity contribution < 1.29 is 19.1 Å². The summed E-state index contributed by atoms with van der Waals surface area (Å²) in [6.45, 7) is 3.81. The van der Waals surface area contributed by atoms with Gasteiger partial charge in [-0.2, -0.15) is 5.10 Å². The third kappa shape index (κ3) is 5.39. The van der Waals surface area contributed by atoms with Gasteiger partial charge in [0.1, 0.15) is 11.8 Å². The quantitative estimate of drug-likeness (QED) is 0.590. The fraction of sp³-hybridized carbons (Fsp3) is 0.273. The zero-order valence-corrected chi connectivity index (χ0v) is 17.4. The monoisotopic (exact) mass is 423 g/mol. The van der Waals surface area contributed by atoms with E-state index in [4.69, 9.17) is 10.5 Å². The Labute approximate surface area is 180 Å². The van der Waals surface area contributed by atoms with Gasteiger partial charge in [0.15, 0.2) is 0 Å². The van der Waals surface area contributed by atoms with Crippen LogP contribution < -0.4 is 21.4 Å². The number of hydrogen-bond acceptors (Lipinski definition) is 6. The van der Waals surface area contributed by atoms with Crippen molar-refractivity contribution in [3.05, 3.63) is 60.2 Å². The SMILES string of the molecule is CCOC(=O)C1=NN(c2ccccc2)C(C(=O)NC(C)c2ccc(NC(N)=O)cc2)C1. The molecule has 9 heteroatoms.